The highest BCUT2D eigenvalue weighted by Gasteiger charge is 2.11. The van der Waals surface area contributed by atoms with Crippen molar-refractivity contribution in [3.05, 3.63) is 58.2 Å². The lowest BCUT2D eigenvalue weighted by Crippen LogP contribution is -2.07. The fraction of sp³-hybridized carbons (Fsp3) is 0.250. The minimum Gasteiger partial charge on any atom is -0.478 e. The van der Waals surface area contributed by atoms with Crippen LogP contribution < -0.4 is 5.32 Å². The second-order valence-corrected chi connectivity index (χ2v) is 5.48. The van der Waals surface area contributed by atoms with E-state index >= 15 is 0 Å². The summed E-state index contributed by atoms with van der Waals surface area (Å²) in [5.74, 6) is -0.260. The van der Waals surface area contributed by atoms with Crippen LogP contribution >= 0.6 is 11.6 Å². The lowest BCUT2D eigenvalue weighted by Gasteiger charge is -2.12. The summed E-state index contributed by atoms with van der Waals surface area (Å²) in [4.78, 5) is 15.6. The summed E-state index contributed by atoms with van der Waals surface area (Å²) in [5, 5.41) is 13.0. The molecular formula is C16H17ClN2O2. The number of aromatic carboxylic acids is 1. The molecule has 1 aromatic heterocycles. The minimum absolute atomic E-state index is 0.158. The largest absolute Gasteiger partial charge is 0.478 e. The summed E-state index contributed by atoms with van der Waals surface area (Å²) in [6.07, 6.45) is 0. The van der Waals surface area contributed by atoms with Gasteiger partial charge in [-0.3, -0.25) is 0 Å². The SMILES string of the molecule is CC(C)c1cc(C(=O)O)cc(NCc2ccccc2Cl)n1. The predicted octanol–water partition coefficient (Wildman–Crippen LogP) is 4.17. The maximum atomic E-state index is 11.2. The van der Waals surface area contributed by atoms with E-state index in [1.807, 2.05) is 38.1 Å². The average Bonchev–Trinajstić information content (AvgIpc) is 2.46. The fourth-order valence-electron chi connectivity index (χ4n) is 1.89. The molecule has 5 heteroatoms. The monoisotopic (exact) mass is 304 g/mol. The molecule has 2 N–H and O–H groups in total. The standard InChI is InChI=1S/C16H17ClN2O2/c1-10(2)14-7-12(16(20)21)8-15(19-14)18-9-11-5-3-4-6-13(11)17/h3-8,10H,9H2,1-2H3,(H,18,19)(H,20,21). The van der Waals surface area contributed by atoms with Gasteiger partial charge in [-0.25, -0.2) is 9.78 Å². The van der Waals surface area contributed by atoms with Crippen LogP contribution in [0.3, 0.4) is 0 Å². The number of carbonyl (C=O) groups is 1. The van der Waals surface area contributed by atoms with Crippen LogP contribution in [0.1, 0.15) is 41.4 Å². The molecule has 1 aromatic carbocycles. The lowest BCUT2D eigenvalue weighted by molar-refractivity contribution is 0.0696. The topological polar surface area (TPSA) is 62.2 Å². The first-order valence-corrected chi connectivity index (χ1v) is 7.07. The quantitative estimate of drug-likeness (QED) is 0.870. The van der Waals surface area contributed by atoms with Crippen LogP contribution in [0.25, 0.3) is 0 Å². The van der Waals surface area contributed by atoms with Gasteiger partial charge in [0.05, 0.1) is 5.56 Å². The molecule has 2 aromatic rings. The maximum Gasteiger partial charge on any atom is 0.335 e. The zero-order chi connectivity index (χ0) is 15.4. The molecule has 0 aliphatic heterocycles. The van der Waals surface area contributed by atoms with Crippen molar-refractivity contribution < 1.29 is 9.90 Å². The Morgan fingerprint density at radius 2 is 2.05 bits per heavy atom. The molecule has 0 atom stereocenters. The molecule has 0 saturated heterocycles. The van der Waals surface area contributed by atoms with Gasteiger partial charge < -0.3 is 10.4 Å². The number of hydrogen-bond donors (Lipinski definition) is 2. The summed E-state index contributed by atoms with van der Waals surface area (Å²) in [6.45, 7) is 4.45. The second-order valence-electron chi connectivity index (χ2n) is 5.07. The fourth-order valence-corrected chi connectivity index (χ4v) is 2.09. The van der Waals surface area contributed by atoms with Gasteiger partial charge in [0.15, 0.2) is 0 Å². The summed E-state index contributed by atoms with van der Waals surface area (Å²) in [6, 6.07) is 10.6. The van der Waals surface area contributed by atoms with Crippen LogP contribution in [0.5, 0.6) is 0 Å². The molecule has 2 rings (SSSR count). The van der Waals surface area contributed by atoms with Gasteiger partial charge in [-0.2, -0.15) is 0 Å². The highest BCUT2D eigenvalue weighted by Crippen LogP contribution is 2.20. The Morgan fingerprint density at radius 1 is 1.33 bits per heavy atom. The van der Waals surface area contributed by atoms with Crippen molar-refractivity contribution in [2.24, 2.45) is 0 Å². The van der Waals surface area contributed by atoms with Gasteiger partial charge >= 0.3 is 5.97 Å². The number of benzene rings is 1. The van der Waals surface area contributed by atoms with Crippen LogP contribution in [0.15, 0.2) is 36.4 Å². The highest BCUT2D eigenvalue weighted by molar-refractivity contribution is 6.31. The number of nitrogens with zero attached hydrogens (tertiary/aromatic N) is 1. The summed E-state index contributed by atoms with van der Waals surface area (Å²) in [5.41, 5.74) is 1.92. The molecule has 0 radical (unpaired) electrons. The number of nitrogens with one attached hydrogen (secondary N) is 1. The second kappa shape index (κ2) is 6.59. The zero-order valence-corrected chi connectivity index (χ0v) is 12.7. The molecule has 0 spiro atoms. The number of carboxylic acids is 1. The van der Waals surface area contributed by atoms with E-state index in [2.05, 4.69) is 10.3 Å². The first-order chi connectivity index (χ1) is 9.97. The third-order valence-electron chi connectivity index (χ3n) is 3.10. The number of aromatic nitrogens is 1. The molecule has 0 amide bonds. The first kappa shape index (κ1) is 15.3. The van der Waals surface area contributed by atoms with Gasteiger partial charge in [0.2, 0.25) is 0 Å². The first-order valence-electron chi connectivity index (χ1n) is 6.70. The van der Waals surface area contributed by atoms with Crippen LogP contribution in [0.4, 0.5) is 5.82 Å². The molecule has 0 saturated carbocycles. The van der Waals surface area contributed by atoms with E-state index in [-0.39, 0.29) is 11.5 Å². The molecule has 110 valence electrons. The minimum atomic E-state index is -0.958. The van der Waals surface area contributed by atoms with E-state index in [4.69, 9.17) is 16.7 Å². The molecule has 0 aliphatic carbocycles. The number of halogens is 1. The van der Waals surface area contributed by atoms with Crippen molar-refractivity contribution in [1.29, 1.82) is 0 Å². The van der Waals surface area contributed by atoms with E-state index < -0.39 is 5.97 Å². The Hall–Kier alpha value is -2.07. The maximum absolute atomic E-state index is 11.2. The van der Waals surface area contributed by atoms with Gasteiger partial charge in [0, 0.05) is 17.3 Å². The molecule has 0 unspecified atom stereocenters. The van der Waals surface area contributed by atoms with Gasteiger partial charge in [0.25, 0.3) is 0 Å². The summed E-state index contributed by atoms with van der Waals surface area (Å²) in [7, 11) is 0. The molecule has 1 heterocycles. The van der Waals surface area contributed by atoms with Crippen molar-refractivity contribution in [2.75, 3.05) is 5.32 Å². The Bertz CT molecular complexity index is 656. The predicted molar refractivity (Wildman–Crippen MR) is 84.1 cm³/mol. The highest BCUT2D eigenvalue weighted by atomic mass is 35.5. The van der Waals surface area contributed by atoms with E-state index in [1.165, 1.54) is 6.07 Å². The van der Waals surface area contributed by atoms with E-state index in [0.717, 1.165) is 11.3 Å². The van der Waals surface area contributed by atoms with Crippen molar-refractivity contribution in [3.8, 4) is 0 Å². The summed E-state index contributed by atoms with van der Waals surface area (Å²) >= 11 is 6.10. The van der Waals surface area contributed by atoms with Crippen molar-refractivity contribution in [3.63, 3.8) is 0 Å². The molecular weight excluding hydrogens is 288 g/mol. The van der Waals surface area contributed by atoms with Crippen LogP contribution in [0, 0.1) is 0 Å². The van der Waals surface area contributed by atoms with Gasteiger partial charge in [-0.1, -0.05) is 43.6 Å². The molecule has 4 nitrogen and oxygen atoms in total. The van der Waals surface area contributed by atoms with Crippen molar-refractivity contribution >= 4 is 23.4 Å². The smallest absolute Gasteiger partial charge is 0.335 e. The van der Waals surface area contributed by atoms with Gasteiger partial charge in [-0.05, 0) is 29.7 Å². The van der Waals surface area contributed by atoms with E-state index in [0.29, 0.717) is 17.4 Å². The third-order valence-corrected chi connectivity index (χ3v) is 3.47. The van der Waals surface area contributed by atoms with Crippen molar-refractivity contribution in [1.82, 2.24) is 4.98 Å². The third kappa shape index (κ3) is 3.95. The molecule has 21 heavy (non-hydrogen) atoms. The van der Waals surface area contributed by atoms with Crippen LogP contribution in [0.2, 0.25) is 5.02 Å². The summed E-state index contributed by atoms with van der Waals surface area (Å²) < 4.78 is 0. The average molecular weight is 305 g/mol. The lowest BCUT2D eigenvalue weighted by atomic mass is 10.1. The Labute approximate surface area is 128 Å². The molecule has 0 fully saturated rings. The van der Waals surface area contributed by atoms with Crippen LogP contribution in [-0.4, -0.2) is 16.1 Å². The number of carboxylic acid groups (broad SMARTS) is 1. The number of hydrogen-bond acceptors (Lipinski definition) is 3. The number of anilines is 1. The Balaban J connectivity index is 2.23. The van der Waals surface area contributed by atoms with Gasteiger partial charge in [0.1, 0.15) is 5.82 Å². The Kier molecular flexibility index (Phi) is 4.81. The van der Waals surface area contributed by atoms with E-state index in [1.54, 1.807) is 6.07 Å². The van der Waals surface area contributed by atoms with E-state index in [9.17, 15) is 4.79 Å². The molecule has 0 bridgehead atoms. The number of pyridine rings is 1. The normalized spacial score (nSPS) is 10.7. The van der Waals surface area contributed by atoms with Crippen molar-refractivity contribution in [2.45, 2.75) is 26.3 Å². The Morgan fingerprint density at radius 3 is 2.67 bits per heavy atom. The number of rotatable bonds is 5. The van der Waals surface area contributed by atoms with Gasteiger partial charge in [-0.15, -0.1) is 0 Å². The zero-order valence-electron chi connectivity index (χ0n) is 11.9. The van der Waals surface area contributed by atoms with Crippen LogP contribution in [-0.2, 0) is 6.54 Å². The molecule has 0 aliphatic rings.